The lowest BCUT2D eigenvalue weighted by Gasteiger charge is -2.10. The van der Waals surface area contributed by atoms with Gasteiger partial charge >= 0.3 is 0 Å². The first kappa shape index (κ1) is 18.7. The highest BCUT2D eigenvalue weighted by Crippen LogP contribution is 2.37. The van der Waals surface area contributed by atoms with E-state index >= 15 is 0 Å². The van der Waals surface area contributed by atoms with Crippen LogP contribution in [0, 0.1) is 12.8 Å². The van der Waals surface area contributed by atoms with E-state index in [-0.39, 0.29) is 0 Å². The molecule has 0 N–H and O–H groups in total. The molecule has 0 aliphatic heterocycles. The van der Waals surface area contributed by atoms with Crippen LogP contribution in [0.15, 0.2) is 18.5 Å². The van der Waals surface area contributed by atoms with Crippen molar-refractivity contribution >= 4 is 5.78 Å². The first-order valence-corrected chi connectivity index (χ1v) is 9.88. The van der Waals surface area contributed by atoms with Crippen LogP contribution in [0.2, 0.25) is 0 Å². The van der Waals surface area contributed by atoms with Gasteiger partial charge in [0.2, 0.25) is 0 Å². The predicted octanol–water partition coefficient (Wildman–Crippen LogP) is 4.04. The highest BCUT2D eigenvalue weighted by molar-refractivity contribution is 5.78. The summed E-state index contributed by atoms with van der Waals surface area (Å²) in [5.41, 5.74) is 2.37. The van der Waals surface area contributed by atoms with Gasteiger partial charge in [0.1, 0.15) is 17.4 Å². The molecule has 0 bridgehead atoms. The Morgan fingerprint density at radius 3 is 2.50 bits per heavy atom. The van der Waals surface area contributed by atoms with E-state index in [1.54, 1.807) is 6.20 Å². The number of aromatic nitrogens is 4. The van der Waals surface area contributed by atoms with Crippen molar-refractivity contribution < 1.29 is 4.79 Å². The Morgan fingerprint density at radius 2 is 1.85 bits per heavy atom. The minimum Gasteiger partial charge on any atom is -0.312 e. The van der Waals surface area contributed by atoms with Crippen molar-refractivity contribution in [3.05, 3.63) is 41.2 Å². The summed E-state index contributed by atoms with van der Waals surface area (Å²) < 4.78 is 2.32. The Bertz CT molecular complexity index is 746. The maximum absolute atomic E-state index is 12.3. The molecule has 2 aromatic rings. The molecule has 0 aromatic carbocycles. The van der Waals surface area contributed by atoms with Crippen molar-refractivity contribution in [3.63, 3.8) is 0 Å². The molecule has 1 aliphatic rings. The van der Waals surface area contributed by atoms with Crippen LogP contribution in [0.1, 0.15) is 74.8 Å². The molecule has 1 aliphatic carbocycles. The minimum absolute atomic E-state index is 0.301. The highest BCUT2D eigenvalue weighted by atomic mass is 16.1. The second-order valence-corrected chi connectivity index (χ2v) is 7.91. The van der Waals surface area contributed by atoms with Crippen LogP contribution in [0.25, 0.3) is 0 Å². The van der Waals surface area contributed by atoms with Crippen molar-refractivity contribution in [3.8, 4) is 0 Å². The predicted molar refractivity (Wildman–Crippen MR) is 102 cm³/mol. The third-order valence-electron chi connectivity index (χ3n) is 5.13. The molecule has 0 radical (unpaired) electrons. The molecule has 1 fully saturated rings. The molecule has 2 heterocycles. The van der Waals surface area contributed by atoms with Crippen LogP contribution >= 0.6 is 0 Å². The molecule has 0 amide bonds. The number of pyridine rings is 1. The fraction of sp³-hybridized carbons (Fsp3) is 0.619. The summed E-state index contributed by atoms with van der Waals surface area (Å²) in [6.07, 6.45) is 10.8. The van der Waals surface area contributed by atoms with Gasteiger partial charge in [0.15, 0.2) is 0 Å². The van der Waals surface area contributed by atoms with E-state index in [1.165, 1.54) is 18.4 Å². The molecule has 26 heavy (non-hydrogen) atoms. The summed E-state index contributed by atoms with van der Waals surface area (Å²) in [7, 11) is 0. The first-order valence-electron chi connectivity index (χ1n) is 9.88. The number of ketones is 1. The number of carbonyl (C=O) groups excluding carboxylic acids is 1. The van der Waals surface area contributed by atoms with Gasteiger partial charge in [0.25, 0.3) is 0 Å². The topological polar surface area (TPSA) is 60.7 Å². The van der Waals surface area contributed by atoms with Gasteiger partial charge in [-0.15, -0.1) is 10.2 Å². The van der Waals surface area contributed by atoms with Crippen LogP contribution < -0.4 is 0 Å². The molecule has 0 saturated heterocycles. The minimum atomic E-state index is 0.301. The van der Waals surface area contributed by atoms with Crippen LogP contribution in [0.4, 0.5) is 0 Å². The number of hydrogen-bond donors (Lipinski definition) is 0. The standard InChI is InChI=1S/C21H30N4O/c1-15(2)4-10-20-23-24-21(25(20)18-6-7-18)11-9-19(26)8-5-17-12-13-22-14-16(17)3/h12-15,18H,4-11H2,1-3H3. The molecular formula is C21H30N4O. The van der Waals surface area contributed by atoms with Crippen molar-refractivity contribution in [1.82, 2.24) is 19.7 Å². The van der Waals surface area contributed by atoms with Crippen LogP contribution in [0.3, 0.4) is 0 Å². The van der Waals surface area contributed by atoms with Gasteiger partial charge in [0.05, 0.1) is 0 Å². The first-order chi connectivity index (χ1) is 12.5. The molecule has 5 heteroatoms. The lowest BCUT2D eigenvalue weighted by Crippen LogP contribution is -2.10. The fourth-order valence-electron chi connectivity index (χ4n) is 3.31. The Balaban J connectivity index is 1.54. The van der Waals surface area contributed by atoms with Gasteiger partial charge < -0.3 is 4.57 Å². The molecule has 3 rings (SSSR count). The van der Waals surface area contributed by atoms with Crippen LogP contribution in [0.5, 0.6) is 0 Å². The van der Waals surface area contributed by atoms with E-state index in [2.05, 4.69) is 33.6 Å². The second-order valence-electron chi connectivity index (χ2n) is 7.91. The summed E-state index contributed by atoms with van der Waals surface area (Å²) in [6.45, 7) is 6.52. The fourth-order valence-corrected chi connectivity index (χ4v) is 3.31. The molecule has 2 aromatic heterocycles. The van der Waals surface area contributed by atoms with E-state index < -0.39 is 0 Å². The van der Waals surface area contributed by atoms with E-state index in [9.17, 15) is 4.79 Å². The quantitative estimate of drug-likeness (QED) is 0.646. The van der Waals surface area contributed by atoms with E-state index in [4.69, 9.17) is 0 Å². The summed E-state index contributed by atoms with van der Waals surface area (Å²) in [4.78, 5) is 16.5. The van der Waals surface area contributed by atoms with Crippen LogP contribution in [-0.2, 0) is 24.1 Å². The molecule has 0 unspecified atom stereocenters. The van der Waals surface area contributed by atoms with Crippen molar-refractivity contribution in [1.29, 1.82) is 0 Å². The molecule has 1 saturated carbocycles. The average Bonchev–Trinajstić information content (AvgIpc) is 3.37. The molecule has 5 nitrogen and oxygen atoms in total. The van der Waals surface area contributed by atoms with Crippen molar-refractivity contribution in [2.24, 2.45) is 5.92 Å². The largest absolute Gasteiger partial charge is 0.312 e. The Hall–Kier alpha value is -2.04. The number of Topliss-reactive ketones (excluding diaryl/α,β-unsaturated/α-hetero) is 1. The SMILES string of the molecule is Cc1cnccc1CCC(=O)CCc1nnc(CCC(C)C)n1C1CC1. The number of carbonyl (C=O) groups is 1. The number of nitrogens with zero attached hydrogens (tertiary/aromatic N) is 4. The number of aryl methyl sites for hydroxylation is 4. The molecule has 140 valence electrons. The lowest BCUT2D eigenvalue weighted by molar-refractivity contribution is -0.119. The lowest BCUT2D eigenvalue weighted by atomic mass is 10.0. The Morgan fingerprint density at radius 1 is 1.15 bits per heavy atom. The maximum atomic E-state index is 12.3. The third kappa shape index (κ3) is 4.99. The molecular weight excluding hydrogens is 324 g/mol. The van der Waals surface area contributed by atoms with Crippen LogP contribution in [-0.4, -0.2) is 25.5 Å². The summed E-state index contributed by atoms with van der Waals surface area (Å²) in [5, 5.41) is 8.84. The van der Waals surface area contributed by atoms with E-state index in [1.807, 2.05) is 19.2 Å². The zero-order valence-corrected chi connectivity index (χ0v) is 16.2. The average molecular weight is 354 g/mol. The monoisotopic (exact) mass is 354 g/mol. The van der Waals surface area contributed by atoms with Crippen molar-refractivity contribution in [2.45, 2.75) is 78.2 Å². The Kier molecular flexibility index (Phi) is 6.17. The summed E-state index contributed by atoms with van der Waals surface area (Å²) in [6, 6.07) is 2.57. The van der Waals surface area contributed by atoms with Gasteiger partial charge in [0, 0.05) is 44.1 Å². The van der Waals surface area contributed by atoms with E-state index in [0.717, 1.165) is 36.5 Å². The Labute approximate surface area is 156 Å². The summed E-state index contributed by atoms with van der Waals surface area (Å²) in [5.74, 6) is 3.08. The number of rotatable bonds is 10. The number of hydrogen-bond acceptors (Lipinski definition) is 4. The zero-order chi connectivity index (χ0) is 18.5. The van der Waals surface area contributed by atoms with Gasteiger partial charge in [-0.3, -0.25) is 9.78 Å². The summed E-state index contributed by atoms with van der Waals surface area (Å²) >= 11 is 0. The van der Waals surface area contributed by atoms with E-state index in [0.29, 0.717) is 37.0 Å². The van der Waals surface area contributed by atoms with Gasteiger partial charge in [-0.1, -0.05) is 13.8 Å². The zero-order valence-electron chi connectivity index (χ0n) is 16.2. The highest BCUT2D eigenvalue weighted by Gasteiger charge is 2.29. The van der Waals surface area contributed by atoms with Gasteiger partial charge in [-0.25, -0.2) is 0 Å². The third-order valence-corrected chi connectivity index (χ3v) is 5.13. The second kappa shape index (κ2) is 8.56. The van der Waals surface area contributed by atoms with Crippen molar-refractivity contribution in [2.75, 3.05) is 0 Å². The van der Waals surface area contributed by atoms with Gasteiger partial charge in [-0.2, -0.15) is 0 Å². The van der Waals surface area contributed by atoms with Gasteiger partial charge in [-0.05, 0) is 55.7 Å². The molecule has 0 atom stereocenters. The smallest absolute Gasteiger partial charge is 0.133 e. The normalized spacial score (nSPS) is 14.2. The maximum Gasteiger partial charge on any atom is 0.133 e. The molecule has 0 spiro atoms.